The van der Waals surface area contributed by atoms with Crippen LogP contribution in [0.2, 0.25) is 0 Å². The van der Waals surface area contributed by atoms with E-state index in [-0.39, 0.29) is 11.0 Å². The predicted molar refractivity (Wildman–Crippen MR) is 73.1 cm³/mol. The van der Waals surface area contributed by atoms with Crippen molar-refractivity contribution in [1.82, 2.24) is 14.6 Å². The molecule has 0 aromatic carbocycles. The van der Waals surface area contributed by atoms with E-state index in [0.29, 0.717) is 5.92 Å². The highest BCUT2D eigenvalue weighted by molar-refractivity contribution is 5.41. The first-order valence-electron chi connectivity index (χ1n) is 6.40. The molecule has 0 saturated carbocycles. The number of nitrogens with zero attached hydrogens (tertiary/aromatic N) is 2. The zero-order valence-electron chi connectivity index (χ0n) is 11.7. The third kappa shape index (κ3) is 2.47. The molecule has 4 heteroatoms. The largest absolute Gasteiger partial charge is 0.307 e. The fraction of sp³-hybridized carbons (Fsp3) is 0.571. The SMILES string of the molecule is CC(C)Cc1cc(=O)[nH]c2cc(C(C)(C)C)nn12. The van der Waals surface area contributed by atoms with Gasteiger partial charge in [-0.1, -0.05) is 34.6 Å². The summed E-state index contributed by atoms with van der Waals surface area (Å²) in [4.78, 5) is 14.5. The van der Waals surface area contributed by atoms with Crippen LogP contribution in [-0.2, 0) is 11.8 Å². The number of rotatable bonds is 2. The Bertz CT molecular complexity index is 614. The maximum atomic E-state index is 11.6. The molecule has 0 aliphatic heterocycles. The van der Waals surface area contributed by atoms with Crippen molar-refractivity contribution in [2.75, 3.05) is 0 Å². The number of aromatic nitrogens is 3. The van der Waals surface area contributed by atoms with Gasteiger partial charge in [0.05, 0.1) is 11.4 Å². The van der Waals surface area contributed by atoms with Crippen molar-refractivity contribution in [3.05, 3.63) is 33.9 Å². The summed E-state index contributed by atoms with van der Waals surface area (Å²) in [5.74, 6) is 0.497. The summed E-state index contributed by atoms with van der Waals surface area (Å²) < 4.78 is 1.86. The molecule has 0 bridgehead atoms. The second-order valence-corrected chi connectivity index (χ2v) is 6.30. The zero-order chi connectivity index (χ0) is 13.5. The molecule has 0 radical (unpaired) electrons. The highest BCUT2D eigenvalue weighted by Crippen LogP contribution is 2.21. The fourth-order valence-electron chi connectivity index (χ4n) is 1.99. The monoisotopic (exact) mass is 247 g/mol. The van der Waals surface area contributed by atoms with E-state index in [2.05, 4.69) is 44.7 Å². The van der Waals surface area contributed by atoms with Crippen LogP contribution >= 0.6 is 0 Å². The molecule has 0 amide bonds. The molecule has 18 heavy (non-hydrogen) atoms. The molecular weight excluding hydrogens is 226 g/mol. The third-order valence-corrected chi connectivity index (χ3v) is 2.92. The minimum Gasteiger partial charge on any atom is -0.307 e. The molecular formula is C14H21N3O. The van der Waals surface area contributed by atoms with E-state index in [4.69, 9.17) is 0 Å². The summed E-state index contributed by atoms with van der Waals surface area (Å²) in [5.41, 5.74) is 2.67. The Labute approximate surface area is 107 Å². The Kier molecular flexibility index (Phi) is 3.05. The highest BCUT2D eigenvalue weighted by Gasteiger charge is 2.19. The minimum atomic E-state index is -0.0569. The molecule has 4 nitrogen and oxygen atoms in total. The Morgan fingerprint density at radius 3 is 2.56 bits per heavy atom. The highest BCUT2D eigenvalue weighted by atomic mass is 16.1. The number of hydrogen-bond acceptors (Lipinski definition) is 2. The molecule has 2 heterocycles. The average Bonchev–Trinajstić information content (AvgIpc) is 2.59. The molecule has 2 aromatic rings. The van der Waals surface area contributed by atoms with E-state index in [1.807, 2.05) is 10.6 Å². The number of nitrogens with one attached hydrogen (secondary N) is 1. The van der Waals surface area contributed by atoms with Crippen LogP contribution in [0.4, 0.5) is 0 Å². The van der Waals surface area contributed by atoms with E-state index in [1.54, 1.807) is 6.07 Å². The van der Waals surface area contributed by atoms with Gasteiger partial charge in [0.2, 0.25) is 0 Å². The maximum Gasteiger partial charge on any atom is 0.251 e. The van der Waals surface area contributed by atoms with Crippen molar-refractivity contribution in [2.45, 2.75) is 46.5 Å². The number of aromatic amines is 1. The molecule has 0 aliphatic rings. The molecule has 2 aromatic heterocycles. The van der Waals surface area contributed by atoms with Gasteiger partial charge in [0.1, 0.15) is 5.65 Å². The van der Waals surface area contributed by atoms with E-state index >= 15 is 0 Å². The van der Waals surface area contributed by atoms with Crippen molar-refractivity contribution in [3.63, 3.8) is 0 Å². The summed E-state index contributed by atoms with van der Waals surface area (Å²) in [6.07, 6.45) is 0.853. The van der Waals surface area contributed by atoms with E-state index in [0.717, 1.165) is 23.5 Å². The normalized spacial score (nSPS) is 12.6. The third-order valence-electron chi connectivity index (χ3n) is 2.92. The van der Waals surface area contributed by atoms with E-state index in [1.165, 1.54) is 0 Å². The molecule has 0 atom stereocenters. The van der Waals surface area contributed by atoms with Crippen molar-refractivity contribution < 1.29 is 0 Å². The molecule has 1 N–H and O–H groups in total. The number of hydrogen-bond donors (Lipinski definition) is 1. The first-order chi connectivity index (χ1) is 8.27. The summed E-state index contributed by atoms with van der Waals surface area (Å²) in [6, 6.07) is 3.61. The summed E-state index contributed by atoms with van der Waals surface area (Å²) >= 11 is 0. The lowest BCUT2D eigenvalue weighted by molar-refractivity contribution is 0.556. The van der Waals surface area contributed by atoms with Gasteiger partial charge in [0.25, 0.3) is 5.56 Å². The van der Waals surface area contributed by atoms with Crippen LogP contribution in [0.25, 0.3) is 5.65 Å². The van der Waals surface area contributed by atoms with Gasteiger partial charge < -0.3 is 4.98 Å². The van der Waals surface area contributed by atoms with Crippen molar-refractivity contribution in [3.8, 4) is 0 Å². The van der Waals surface area contributed by atoms with Gasteiger partial charge in [-0.05, 0) is 12.3 Å². The molecule has 0 saturated heterocycles. The number of H-pyrrole nitrogens is 1. The van der Waals surface area contributed by atoms with Gasteiger partial charge >= 0.3 is 0 Å². The lowest BCUT2D eigenvalue weighted by atomic mass is 9.93. The Morgan fingerprint density at radius 2 is 2.00 bits per heavy atom. The summed E-state index contributed by atoms with van der Waals surface area (Å²) in [5, 5.41) is 4.62. The van der Waals surface area contributed by atoms with Gasteiger partial charge in [-0.2, -0.15) is 5.10 Å². The first-order valence-corrected chi connectivity index (χ1v) is 6.40. The Hall–Kier alpha value is -1.58. The molecule has 98 valence electrons. The van der Waals surface area contributed by atoms with E-state index in [9.17, 15) is 4.79 Å². The van der Waals surface area contributed by atoms with Crippen LogP contribution in [0, 0.1) is 5.92 Å². The quantitative estimate of drug-likeness (QED) is 0.886. The van der Waals surface area contributed by atoms with Crippen LogP contribution in [0.15, 0.2) is 16.9 Å². The standard InChI is InChI=1S/C14H21N3O/c1-9(2)6-10-7-13(18)15-12-8-11(14(3,4)5)16-17(10)12/h7-9H,6H2,1-5H3,(H,15,18). The second-order valence-electron chi connectivity index (χ2n) is 6.30. The second kappa shape index (κ2) is 4.26. The van der Waals surface area contributed by atoms with Crippen LogP contribution < -0.4 is 5.56 Å². The van der Waals surface area contributed by atoms with E-state index < -0.39 is 0 Å². The summed E-state index contributed by atoms with van der Waals surface area (Å²) in [7, 11) is 0. The van der Waals surface area contributed by atoms with Crippen LogP contribution in [0.1, 0.15) is 46.0 Å². The first kappa shape index (κ1) is 12.9. The molecule has 0 aliphatic carbocycles. The smallest absolute Gasteiger partial charge is 0.251 e. The van der Waals surface area contributed by atoms with Crippen LogP contribution in [0.3, 0.4) is 0 Å². The molecule has 0 spiro atoms. The zero-order valence-corrected chi connectivity index (χ0v) is 11.7. The average molecular weight is 247 g/mol. The van der Waals surface area contributed by atoms with Gasteiger partial charge in [0, 0.05) is 17.5 Å². The Balaban J connectivity index is 2.64. The number of fused-ring (bicyclic) bond motifs is 1. The molecule has 0 fully saturated rings. The predicted octanol–water partition coefficient (Wildman–Crippen LogP) is 2.52. The van der Waals surface area contributed by atoms with Crippen LogP contribution in [-0.4, -0.2) is 14.6 Å². The summed E-state index contributed by atoms with van der Waals surface area (Å²) in [6.45, 7) is 10.6. The van der Waals surface area contributed by atoms with Crippen molar-refractivity contribution in [1.29, 1.82) is 0 Å². The van der Waals surface area contributed by atoms with Gasteiger partial charge in [-0.15, -0.1) is 0 Å². The van der Waals surface area contributed by atoms with Gasteiger partial charge in [-0.3, -0.25) is 4.79 Å². The fourth-order valence-corrected chi connectivity index (χ4v) is 1.99. The maximum absolute atomic E-state index is 11.6. The molecule has 2 rings (SSSR count). The molecule has 0 unspecified atom stereocenters. The van der Waals surface area contributed by atoms with Crippen molar-refractivity contribution >= 4 is 5.65 Å². The van der Waals surface area contributed by atoms with Crippen LogP contribution in [0.5, 0.6) is 0 Å². The van der Waals surface area contributed by atoms with Gasteiger partial charge in [-0.25, -0.2) is 4.52 Å². The van der Waals surface area contributed by atoms with Crippen molar-refractivity contribution in [2.24, 2.45) is 5.92 Å². The lowest BCUT2D eigenvalue weighted by Gasteiger charge is -2.13. The lowest BCUT2D eigenvalue weighted by Crippen LogP contribution is -2.14. The topological polar surface area (TPSA) is 50.2 Å². The Morgan fingerprint density at radius 1 is 1.33 bits per heavy atom. The van der Waals surface area contributed by atoms with Gasteiger partial charge in [0.15, 0.2) is 0 Å². The minimum absolute atomic E-state index is 0.0159.